The molecule has 0 saturated heterocycles. The number of aromatic nitrogens is 2. The molecule has 7 nitrogen and oxygen atoms in total. The molecular formula is C23H29ClN4O3S. The van der Waals surface area contributed by atoms with Crippen molar-refractivity contribution in [3.63, 3.8) is 0 Å². The molecule has 0 aliphatic carbocycles. The number of sulfonamides is 1. The average molecular weight is 477 g/mol. The summed E-state index contributed by atoms with van der Waals surface area (Å²) >= 11 is 6.12. The number of nitrogens with one attached hydrogen (secondary N) is 1. The molecular weight excluding hydrogens is 448 g/mol. The van der Waals surface area contributed by atoms with E-state index in [4.69, 9.17) is 11.6 Å². The van der Waals surface area contributed by atoms with Crippen molar-refractivity contribution >= 4 is 44.3 Å². The number of anilines is 1. The SMILES string of the molecule is CCCn1c(CCC(=O)Nc2ccccc2Cl)nc2cc(S(=O)(=O)N(CC)CC)ccc21. The highest BCUT2D eigenvalue weighted by molar-refractivity contribution is 7.89. The third-order valence-electron chi connectivity index (χ3n) is 5.31. The number of fused-ring (bicyclic) bond motifs is 1. The number of para-hydroxylation sites is 1. The fraction of sp³-hybridized carbons (Fsp3) is 0.391. The van der Waals surface area contributed by atoms with Crippen LogP contribution in [0.25, 0.3) is 11.0 Å². The summed E-state index contributed by atoms with van der Waals surface area (Å²) in [5.41, 5.74) is 2.06. The summed E-state index contributed by atoms with van der Waals surface area (Å²) in [4.78, 5) is 17.4. The summed E-state index contributed by atoms with van der Waals surface area (Å²) in [5, 5.41) is 3.31. The van der Waals surface area contributed by atoms with Gasteiger partial charge in [0.2, 0.25) is 15.9 Å². The van der Waals surface area contributed by atoms with Crippen molar-refractivity contribution in [2.24, 2.45) is 0 Å². The Hall–Kier alpha value is -2.42. The lowest BCUT2D eigenvalue weighted by Crippen LogP contribution is -2.30. The molecule has 2 aromatic carbocycles. The second-order valence-electron chi connectivity index (χ2n) is 7.45. The largest absolute Gasteiger partial charge is 0.328 e. The number of nitrogens with zero attached hydrogens (tertiary/aromatic N) is 3. The van der Waals surface area contributed by atoms with Crippen LogP contribution in [0.4, 0.5) is 5.69 Å². The second kappa shape index (κ2) is 10.5. The summed E-state index contributed by atoms with van der Waals surface area (Å²) in [6, 6.07) is 12.2. The smallest absolute Gasteiger partial charge is 0.243 e. The maximum Gasteiger partial charge on any atom is 0.243 e. The lowest BCUT2D eigenvalue weighted by Gasteiger charge is -2.18. The fourth-order valence-electron chi connectivity index (χ4n) is 3.70. The number of imidazole rings is 1. The lowest BCUT2D eigenvalue weighted by atomic mass is 10.2. The third kappa shape index (κ3) is 5.14. The van der Waals surface area contributed by atoms with Crippen molar-refractivity contribution in [3.05, 3.63) is 53.3 Å². The quantitative estimate of drug-likeness (QED) is 0.459. The van der Waals surface area contributed by atoms with Crippen LogP contribution in [-0.2, 0) is 27.8 Å². The molecule has 1 N–H and O–H groups in total. The van der Waals surface area contributed by atoms with Crippen LogP contribution in [0, 0.1) is 0 Å². The zero-order chi connectivity index (χ0) is 23.3. The molecule has 0 saturated carbocycles. The van der Waals surface area contributed by atoms with Crippen molar-refractivity contribution < 1.29 is 13.2 Å². The predicted octanol–water partition coefficient (Wildman–Crippen LogP) is 4.70. The van der Waals surface area contributed by atoms with Crippen LogP contribution < -0.4 is 5.32 Å². The number of rotatable bonds is 10. The Morgan fingerprint density at radius 2 is 1.84 bits per heavy atom. The van der Waals surface area contributed by atoms with Gasteiger partial charge in [0.25, 0.3) is 0 Å². The van der Waals surface area contributed by atoms with Gasteiger partial charge >= 0.3 is 0 Å². The van der Waals surface area contributed by atoms with E-state index in [-0.39, 0.29) is 17.2 Å². The third-order valence-corrected chi connectivity index (χ3v) is 7.69. The van der Waals surface area contributed by atoms with Gasteiger partial charge < -0.3 is 9.88 Å². The molecule has 172 valence electrons. The standard InChI is InChI=1S/C23H29ClN4O3S/c1-4-15-28-21-12-11-17(32(30,31)27(5-2)6-3)16-20(21)25-22(28)13-14-23(29)26-19-10-8-7-9-18(19)24/h7-12,16H,4-6,13-15H2,1-3H3,(H,26,29). The first kappa shape index (κ1) is 24.2. The van der Waals surface area contributed by atoms with Gasteiger partial charge in [-0.1, -0.05) is 44.5 Å². The Morgan fingerprint density at radius 1 is 1.12 bits per heavy atom. The molecule has 0 aliphatic heterocycles. The maximum atomic E-state index is 12.9. The Morgan fingerprint density at radius 3 is 2.50 bits per heavy atom. The lowest BCUT2D eigenvalue weighted by molar-refractivity contribution is -0.116. The van der Waals surface area contributed by atoms with Gasteiger partial charge in [0.1, 0.15) is 5.82 Å². The van der Waals surface area contributed by atoms with Crippen LogP contribution in [0.5, 0.6) is 0 Å². The summed E-state index contributed by atoms with van der Waals surface area (Å²) in [6.07, 6.45) is 1.57. The normalized spacial score (nSPS) is 11.9. The van der Waals surface area contributed by atoms with Gasteiger partial charge in [-0.25, -0.2) is 13.4 Å². The molecule has 0 atom stereocenters. The molecule has 9 heteroatoms. The van der Waals surface area contributed by atoms with Gasteiger partial charge in [0.05, 0.1) is 26.6 Å². The van der Waals surface area contributed by atoms with E-state index >= 15 is 0 Å². The molecule has 1 amide bonds. The van der Waals surface area contributed by atoms with Crippen molar-refractivity contribution in [2.75, 3.05) is 18.4 Å². The van der Waals surface area contributed by atoms with Gasteiger partial charge in [0, 0.05) is 32.5 Å². The van der Waals surface area contributed by atoms with E-state index in [0.29, 0.717) is 35.7 Å². The van der Waals surface area contributed by atoms with E-state index < -0.39 is 10.0 Å². The second-order valence-corrected chi connectivity index (χ2v) is 9.79. The summed E-state index contributed by atoms with van der Waals surface area (Å²) < 4.78 is 29.3. The minimum absolute atomic E-state index is 0.155. The topological polar surface area (TPSA) is 84.3 Å². The van der Waals surface area contributed by atoms with E-state index in [0.717, 1.165) is 24.3 Å². The van der Waals surface area contributed by atoms with Crippen molar-refractivity contribution in [2.45, 2.75) is 51.5 Å². The number of hydrogen-bond donors (Lipinski definition) is 1. The monoisotopic (exact) mass is 476 g/mol. The Labute approximate surface area is 194 Å². The molecule has 3 aromatic rings. The van der Waals surface area contributed by atoms with E-state index in [1.165, 1.54) is 4.31 Å². The van der Waals surface area contributed by atoms with Gasteiger partial charge in [0.15, 0.2) is 0 Å². The Balaban J connectivity index is 1.85. The molecule has 1 aromatic heterocycles. The minimum Gasteiger partial charge on any atom is -0.328 e. The van der Waals surface area contributed by atoms with E-state index in [9.17, 15) is 13.2 Å². The van der Waals surface area contributed by atoms with Crippen LogP contribution in [0.3, 0.4) is 0 Å². The molecule has 0 unspecified atom stereocenters. The summed E-state index contributed by atoms with van der Waals surface area (Å²) in [7, 11) is -3.57. The van der Waals surface area contributed by atoms with Gasteiger partial charge in [-0.05, 0) is 36.8 Å². The number of aryl methyl sites for hydroxylation is 2. The molecule has 32 heavy (non-hydrogen) atoms. The van der Waals surface area contributed by atoms with Gasteiger partial charge in [-0.15, -0.1) is 0 Å². The van der Waals surface area contributed by atoms with Gasteiger partial charge in [-0.2, -0.15) is 4.31 Å². The zero-order valence-corrected chi connectivity index (χ0v) is 20.2. The summed E-state index contributed by atoms with van der Waals surface area (Å²) in [5.74, 6) is 0.603. The number of halogens is 1. The highest BCUT2D eigenvalue weighted by Gasteiger charge is 2.23. The number of amides is 1. The number of carbonyl (C=O) groups is 1. The minimum atomic E-state index is -3.57. The van der Waals surface area contributed by atoms with Crippen LogP contribution >= 0.6 is 11.6 Å². The summed E-state index contributed by atoms with van der Waals surface area (Å²) in [6.45, 7) is 7.27. The average Bonchev–Trinajstić information content (AvgIpc) is 3.11. The van der Waals surface area contributed by atoms with Crippen molar-refractivity contribution in [1.29, 1.82) is 0 Å². The van der Waals surface area contributed by atoms with Crippen LogP contribution in [-0.4, -0.2) is 41.3 Å². The van der Waals surface area contributed by atoms with Gasteiger partial charge in [-0.3, -0.25) is 4.79 Å². The number of carbonyl (C=O) groups excluding carboxylic acids is 1. The molecule has 1 heterocycles. The molecule has 3 rings (SSSR count). The maximum absolute atomic E-state index is 12.9. The number of benzene rings is 2. The highest BCUT2D eigenvalue weighted by atomic mass is 35.5. The molecule has 0 spiro atoms. The van der Waals surface area contributed by atoms with E-state index in [1.807, 2.05) is 26.0 Å². The zero-order valence-electron chi connectivity index (χ0n) is 18.6. The first-order chi connectivity index (χ1) is 15.3. The first-order valence-corrected chi connectivity index (χ1v) is 12.7. The molecule has 0 aliphatic rings. The van der Waals surface area contributed by atoms with Crippen molar-refractivity contribution in [1.82, 2.24) is 13.9 Å². The molecule has 0 radical (unpaired) electrons. The molecule has 0 fully saturated rings. The van der Waals surface area contributed by atoms with Crippen LogP contribution in [0.2, 0.25) is 5.02 Å². The van der Waals surface area contributed by atoms with E-state index in [1.54, 1.807) is 30.3 Å². The Kier molecular flexibility index (Phi) is 7.92. The van der Waals surface area contributed by atoms with Crippen LogP contribution in [0.15, 0.2) is 47.4 Å². The highest BCUT2D eigenvalue weighted by Crippen LogP contribution is 2.24. The Bertz CT molecular complexity index is 1200. The number of hydrogen-bond acceptors (Lipinski definition) is 4. The van der Waals surface area contributed by atoms with Crippen LogP contribution in [0.1, 0.15) is 39.4 Å². The first-order valence-electron chi connectivity index (χ1n) is 10.9. The van der Waals surface area contributed by atoms with Crippen molar-refractivity contribution in [3.8, 4) is 0 Å². The molecule has 0 bridgehead atoms. The predicted molar refractivity (Wildman–Crippen MR) is 129 cm³/mol. The van der Waals surface area contributed by atoms with E-state index in [2.05, 4.69) is 21.8 Å². The fourth-order valence-corrected chi connectivity index (χ4v) is 5.36.